The summed E-state index contributed by atoms with van der Waals surface area (Å²) in [4.78, 5) is 35.6. The fourth-order valence-electron chi connectivity index (χ4n) is 3.28. The van der Waals surface area contributed by atoms with Crippen LogP contribution >= 0.6 is 0 Å². The van der Waals surface area contributed by atoms with Crippen LogP contribution in [0.3, 0.4) is 0 Å². The minimum Gasteiger partial charge on any atom is -0.454 e. The van der Waals surface area contributed by atoms with Crippen molar-refractivity contribution >= 4 is 29.4 Å². The van der Waals surface area contributed by atoms with Crippen LogP contribution in [0.25, 0.3) is 6.08 Å². The Morgan fingerprint density at radius 2 is 1.86 bits per heavy atom. The Hall–Kier alpha value is -3.15. The SMILES string of the molecule is CCC(=O)Nc1ccc(C(=O)COC(=O)/C=C/c2cc(C)n(C3CC3)c2C)cc1. The standard InChI is InChI=1S/C23H26N2O4/c1-4-22(27)24-19-8-5-17(6-9-19)21(26)14-29-23(28)12-7-18-13-15(2)25(16(18)3)20-10-11-20/h5-9,12-13,20H,4,10-11,14H2,1-3H3,(H,24,27)/b12-7+. The number of anilines is 1. The second kappa shape index (κ2) is 8.90. The summed E-state index contributed by atoms with van der Waals surface area (Å²) in [5.41, 5.74) is 4.36. The smallest absolute Gasteiger partial charge is 0.331 e. The van der Waals surface area contributed by atoms with Crippen LogP contribution < -0.4 is 5.32 Å². The lowest BCUT2D eigenvalue weighted by Gasteiger charge is -2.06. The first-order chi connectivity index (χ1) is 13.9. The van der Waals surface area contributed by atoms with Crippen LogP contribution in [0.15, 0.2) is 36.4 Å². The predicted molar refractivity (Wildman–Crippen MR) is 112 cm³/mol. The molecule has 0 bridgehead atoms. The molecule has 2 aromatic rings. The quantitative estimate of drug-likeness (QED) is 0.413. The van der Waals surface area contributed by atoms with Gasteiger partial charge in [0.15, 0.2) is 12.4 Å². The first kappa shape index (κ1) is 20.6. The Kier molecular flexibility index (Phi) is 6.32. The molecule has 0 spiro atoms. The molecular formula is C23H26N2O4. The molecule has 0 unspecified atom stereocenters. The zero-order valence-electron chi connectivity index (χ0n) is 17.0. The van der Waals surface area contributed by atoms with E-state index in [4.69, 9.17) is 4.74 Å². The number of esters is 1. The molecule has 1 heterocycles. The summed E-state index contributed by atoms with van der Waals surface area (Å²) in [6.07, 6.45) is 5.88. The van der Waals surface area contributed by atoms with Crippen molar-refractivity contribution in [2.24, 2.45) is 0 Å². The van der Waals surface area contributed by atoms with Crippen molar-refractivity contribution < 1.29 is 19.1 Å². The van der Waals surface area contributed by atoms with Crippen molar-refractivity contribution in [3.63, 3.8) is 0 Å². The average molecular weight is 394 g/mol. The van der Waals surface area contributed by atoms with Gasteiger partial charge in [-0.3, -0.25) is 9.59 Å². The van der Waals surface area contributed by atoms with Gasteiger partial charge in [-0.15, -0.1) is 0 Å². The van der Waals surface area contributed by atoms with E-state index in [-0.39, 0.29) is 18.3 Å². The highest BCUT2D eigenvalue weighted by molar-refractivity contribution is 5.99. The second-order valence-electron chi connectivity index (χ2n) is 7.27. The van der Waals surface area contributed by atoms with Crippen LogP contribution in [-0.4, -0.2) is 28.8 Å². The zero-order chi connectivity index (χ0) is 21.0. The van der Waals surface area contributed by atoms with Crippen LogP contribution in [0.2, 0.25) is 0 Å². The predicted octanol–water partition coefficient (Wildman–Crippen LogP) is 4.23. The molecule has 6 nitrogen and oxygen atoms in total. The number of amides is 1. The molecule has 1 amide bonds. The van der Waals surface area contributed by atoms with E-state index in [2.05, 4.69) is 22.9 Å². The van der Waals surface area contributed by atoms with Crippen molar-refractivity contribution in [1.29, 1.82) is 0 Å². The lowest BCUT2D eigenvalue weighted by molar-refractivity contribution is -0.136. The molecule has 0 atom stereocenters. The first-order valence-corrected chi connectivity index (χ1v) is 9.85. The van der Waals surface area contributed by atoms with Crippen LogP contribution in [-0.2, 0) is 14.3 Å². The number of aryl methyl sites for hydroxylation is 1. The highest BCUT2D eigenvalue weighted by atomic mass is 16.5. The molecule has 0 saturated heterocycles. The summed E-state index contributed by atoms with van der Waals surface area (Å²) in [7, 11) is 0. The van der Waals surface area contributed by atoms with E-state index >= 15 is 0 Å². The van der Waals surface area contributed by atoms with Crippen LogP contribution in [0, 0.1) is 13.8 Å². The van der Waals surface area contributed by atoms with Crippen molar-refractivity contribution in [3.05, 3.63) is 58.9 Å². The zero-order valence-corrected chi connectivity index (χ0v) is 17.0. The van der Waals surface area contributed by atoms with Gasteiger partial charge in [-0.1, -0.05) is 6.92 Å². The topological polar surface area (TPSA) is 77.4 Å². The lowest BCUT2D eigenvalue weighted by Crippen LogP contribution is -2.13. The van der Waals surface area contributed by atoms with Crippen molar-refractivity contribution in [2.75, 3.05) is 11.9 Å². The van der Waals surface area contributed by atoms with Gasteiger partial charge in [-0.25, -0.2) is 4.79 Å². The maximum absolute atomic E-state index is 12.2. The number of rotatable bonds is 8. The Balaban J connectivity index is 1.52. The van der Waals surface area contributed by atoms with Gasteiger partial charge in [0, 0.05) is 41.2 Å². The van der Waals surface area contributed by atoms with E-state index in [9.17, 15) is 14.4 Å². The molecule has 1 fully saturated rings. The average Bonchev–Trinajstić information content (AvgIpc) is 3.50. The number of nitrogens with one attached hydrogen (secondary N) is 1. The van der Waals surface area contributed by atoms with Crippen LogP contribution in [0.1, 0.15) is 59.5 Å². The number of Topliss-reactive ketones (excluding diaryl/α,β-unsaturated/α-hetero) is 1. The highest BCUT2D eigenvalue weighted by Gasteiger charge is 2.26. The number of benzene rings is 1. The van der Waals surface area contributed by atoms with Gasteiger partial charge < -0.3 is 14.6 Å². The fraction of sp³-hybridized carbons (Fsp3) is 0.348. The number of carbonyl (C=O) groups excluding carboxylic acids is 3. The third-order valence-electron chi connectivity index (χ3n) is 4.99. The fourth-order valence-corrected chi connectivity index (χ4v) is 3.28. The molecule has 1 aliphatic carbocycles. The molecule has 1 aromatic carbocycles. The summed E-state index contributed by atoms with van der Waals surface area (Å²) in [5.74, 6) is -0.948. The van der Waals surface area contributed by atoms with E-state index in [0.717, 1.165) is 11.3 Å². The molecule has 29 heavy (non-hydrogen) atoms. The normalized spacial score (nSPS) is 13.5. The third kappa shape index (κ3) is 5.22. The lowest BCUT2D eigenvalue weighted by atomic mass is 10.1. The Morgan fingerprint density at radius 1 is 1.17 bits per heavy atom. The molecule has 3 rings (SSSR count). The molecule has 152 valence electrons. The molecule has 6 heteroatoms. The summed E-state index contributed by atoms with van der Waals surface area (Å²) < 4.78 is 7.38. The van der Waals surface area contributed by atoms with Crippen molar-refractivity contribution in [1.82, 2.24) is 4.57 Å². The van der Waals surface area contributed by atoms with E-state index in [1.807, 2.05) is 6.92 Å². The summed E-state index contributed by atoms with van der Waals surface area (Å²) in [5, 5.41) is 2.71. The number of hydrogen-bond acceptors (Lipinski definition) is 4. The Morgan fingerprint density at radius 3 is 2.48 bits per heavy atom. The van der Waals surface area contributed by atoms with Crippen LogP contribution in [0.4, 0.5) is 5.69 Å². The number of aromatic nitrogens is 1. The van der Waals surface area contributed by atoms with Gasteiger partial charge in [0.2, 0.25) is 5.91 Å². The number of ether oxygens (including phenoxy) is 1. The monoisotopic (exact) mass is 394 g/mol. The summed E-state index contributed by atoms with van der Waals surface area (Å²) >= 11 is 0. The van der Waals surface area contributed by atoms with Gasteiger partial charge >= 0.3 is 5.97 Å². The Labute approximate surface area is 170 Å². The molecule has 1 aliphatic rings. The maximum atomic E-state index is 12.2. The molecular weight excluding hydrogens is 368 g/mol. The second-order valence-corrected chi connectivity index (χ2v) is 7.27. The summed E-state index contributed by atoms with van der Waals surface area (Å²) in [6.45, 7) is 5.55. The molecule has 1 aromatic heterocycles. The minimum atomic E-state index is -0.554. The highest BCUT2D eigenvalue weighted by Crippen LogP contribution is 2.38. The maximum Gasteiger partial charge on any atom is 0.331 e. The largest absolute Gasteiger partial charge is 0.454 e. The Bertz CT molecular complexity index is 950. The molecule has 0 radical (unpaired) electrons. The number of carbonyl (C=O) groups is 3. The van der Waals surface area contributed by atoms with Crippen molar-refractivity contribution in [2.45, 2.75) is 46.1 Å². The third-order valence-corrected chi connectivity index (χ3v) is 4.99. The van der Waals surface area contributed by atoms with E-state index < -0.39 is 5.97 Å². The van der Waals surface area contributed by atoms with Crippen LogP contribution in [0.5, 0.6) is 0 Å². The molecule has 0 aliphatic heterocycles. The molecule has 1 N–H and O–H groups in total. The minimum absolute atomic E-state index is 0.0947. The van der Waals surface area contributed by atoms with Gasteiger partial charge in [0.1, 0.15) is 0 Å². The van der Waals surface area contributed by atoms with Gasteiger partial charge in [0.25, 0.3) is 0 Å². The van der Waals surface area contributed by atoms with E-state index in [1.54, 1.807) is 37.3 Å². The molecule has 1 saturated carbocycles. The van der Waals surface area contributed by atoms with Crippen molar-refractivity contribution in [3.8, 4) is 0 Å². The summed E-state index contributed by atoms with van der Waals surface area (Å²) in [6, 6.07) is 9.15. The number of hydrogen-bond donors (Lipinski definition) is 1. The number of ketones is 1. The van der Waals surface area contributed by atoms with E-state index in [1.165, 1.54) is 24.6 Å². The van der Waals surface area contributed by atoms with Gasteiger partial charge in [-0.2, -0.15) is 0 Å². The van der Waals surface area contributed by atoms with Gasteiger partial charge in [0.05, 0.1) is 0 Å². The van der Waals surface area contributed by atoms with E-state index in [0.29, 0.717) is 23.7 Å². The first-order valence-electron chi connectivity index (χ1n) is 9.85. The van der Waals surface area contributed by atoms with Gasteiger partial charge in [-0.05, 0) is 68.7 Å². The number of nitrogens with zero attached hydrogens (tertiary/aromatic N) is 1.